The molecular formula is C18H20N4O2. The molecule has 6 nitrogen and oxygen atoms in total. The molecule has 0 aliphatic carbocycles. The summed E-state index contributed by atoms with van der Waals surface area (Å²) < 4.78 is 0. The highest BCUT2D eigenvalue weighted by atomic mass is 16.2. The van der Waals surface area contributed by atoms with Crippen molar-refractivity contribution in [3.63, 3.8) is 0 Å². The van der Waals surface area contributed by atoms with Crippen molar-refractivity contribution in [1.82, 2.24) is 14.9 Å². The number of hydrogen-bond acceptors (Lipinski definition) is 3. The lowest BCUT2D eigenvalue weighted by atomic mass is 10.2. The van der Waals surface area contributed by atoms with E-state index in [1.165, 1.54) is 0 Å². The predicted octanol–water partition coefficient (Wildman–Crippen LogP) is 2.32. The number of benzene rings is 2. The number of aromatic amines is 2. The number of carbonyl (C=O) groups is 1. The third-order valence-corrected chi connectivity index (χ3v) is 4.10. The van der Waals surface area contributed by atoms with Gasteiger partial charge in [0.15, 0.2) is 0 Å². The van der Waals surface area contributed by atoms with E-state index in [0.717, 1.165) is 5.56 Å². The van der Waals surface area contributed by atoms with Crippen molar-refractivity contribution in [3.8, 4) is 0 Å². The van der Waals surface area contributed by atoms with Gasteiger partial charge in [0.25, 0.3) is 0 Å². The van der Waals surface area contributed by atoms with E-state index in [1.807, 2.05) is 49.2 Å². The van der Waals surface area contributed by atoms with Gasteiger partial charge in [0.2, 0.25) is 5.91 Å². The van der Waals surface area contributed by atoms with Crippen molar-refractivity contribution < 1.29 is 4.79 Å². The summed E-state index contributed by atoms with van der Waals surface area (Å²) in [5.41, 5.74) is 2.94. The van der Waals surface area contributed by atoms with Crippen LogP contribution in [0.15, 0.2) is 53.3 Å². The molecule has 124 valence electrons. The summed E-state index contributed by atoms with van der Waals surface area (Å²) in [6, 6.07) is 15.0. The van der Waals surface area contributed by atoms with E-state index in [9.17, 15) is 9.59 Å². The number of amides is 1. The maximum absolute atomic E-state index is 12.5. The van der Waals surface area contributed by atoms with Crippen molar-refractivity contribution in [2.75, 3.05) is 12.4 Å². The zero-order chi connectivity index (χ0) is 17.1. The summed E-state index contributed by atoms with van der Waals surface area (Å²) in [6.07, 6.45) is 0. The van der Waals surface area contributed by atoms with E-state index in [1.54, 1.807) is 18.2 Å². The Morgan fingerprint density at radius 2 is 1.83 bits per heavy atom. The largest absolute Gasteiger partial charge is 0.325 e. The van der Waals surface area contributed by atoms with Crippen LogP contribution in [0.4, 0.5) is 5.69 Å². The molecule has 0 bridgehead atoms. The van der Waals surface area contributed by atoms with E-state index in [4.69, 9.17) is 0 Å². The Labute approximate surface area is 139 Å². The van der Waals surface area contributed by atoms with Crippen molar-refractivity contribution in [2.24, 2.45) is 0 Å². The Morgan fingerprint density at radius 3 is 2.58 bits per heavy atom. The molecule has 6 heteroatoms. The first-order valence-electron chi connectivity index (χ1n) is 7.80. The number of hydrogen-bond donors (Lipinski definition) is 3. The lowest BCUT2D eigenvalue weighted by Gasteiger charge is -2.24. The number of aromatic nitrogens is 2. The van der Waals surface area contributed by atoms with Gasteiger partial charge in [0.05, 0.1) is 17.1 Å². The van der Waals surface area contributed by atoms with Gasteiger partial charge in [-0.3, -0.25) is 9.69 Å². The van der Waals surface area contributed by atoms with Crippen LogP contribution >= 0.6 is 0 Å². The van der Waals surface area contributed by atoms with Gasteiger partial charge in [-0.25, -0.2) is 4.79 Å². The monoisotopic (exact) mass is 324 g/mol. The van der Waals surface area contributed by atoms with Gasteiger partial charge in [-0.1, -0.05) is 30.3 Å². The maximum Gasteiger partial charge on any atom is 0.323 e. The van der Waals surface area contributed by atoms with Gasteiger partial charge in [0.1, 0.15) is 0 Å². The van der Waals surface area contributed by atoms with Crippen LogP contribution in [0.3, 0.4) is 0 Å². The van der Waals surface area contributed by atoms with Crippen LogP contribution in [-0.4, -0.2) is 33.9 Å². The number of likely N-dealkylation sites (N-methyl/N-ethyl adjacent to an activating group) is 1. The SMILES string of the molecule is C[C@H](C(=O)Nc1ccc2[nH]c(=O)[nH]c2c1)N(C)Cc1ccccc1. The van der Waals surface area contributed by atoms with Gasteiger partial charge >= 0.3 is 5.69 Å². The molecule has 0 aliphatic rings. The molecule has 0 radical (unpaired) electrons. The van der Waals surface area contributed by atoms with Gasteiger partial charge in [-0.15, -0.1) is 0 Å². The number of H-pyrrole nitrogens is 2. The van der Waals surface area contributed by atoms with E-state index < -0.39 is 0 Å². The molecule has 3 rings (SSSR count). The molecule has 0 saturated carbocycles. The summed E-state index contributed by atoms with van der Waals surface area (Å²) >= 11 is 0. The summed E-state index contributed by atoms with van der Waals surface area (Å²) in [4.78, 5) is 31.1. The van der Waals surface area contributed by atoms with Crippen molar-refractivity contribution in [2.45, 2.75) is 19.5 Å². The molecule has 0 unspecified atom stereocenters. The van der Waals surface area contributed by atoms with Crippen molar-refractivity contribution in [3.05, 3.63) is 64.6 Å². The standard InChI is InChI=1S/C18H20N4O2/c1-12(22(2)11-13-6-4-3-5-7-13)17(23)19-14-8-9-15-16(10-14)21-18(24)20-15/h3-10,12H,11H2,1-2H3,(H,19,23)(H2,20,21,24)/t12-/m1/s1. The minimum atomic E-state index is -0.286. The predicted molar refractivity (Wildman–Crippen MR) is 94.9 cm³/mol. The van der Waals surface area contributed by atoms with Gasteiger partial charge in [-0.05, 0) is 37.7 Å². The summed E-state index contributed by atoms with van der Waals surface area (Å²) in [7, 11) is 1.92. The average Bonchev–Trinajstić information content (AvgIpc) is 2.94. The highest BCUT2D eigenvalue weighted by Crippen LogP contribution is 2.15. The molecule has 1 aromatic heterocycles. The normalized spacial score (nSPS) is 12.5. The molecule has 1 heterocycles. The average molecular weight is 324 g/mol. The van der Waals surface area contributed by atoms with E-state index in [2.05, 4.69) is 15.3 Å². The lowest BCUT2D eigenvalue weighted by Crippen LogP contribution is -2.39. The molecule has 0 saturated heterocycles. The smallest absolute Gasteiger partial charge is 0.323 e. The molecule has 1 atom stereocenters. The molecule has 24 heavy (non-hydrogen) atoms. The van der Waals surface area contributed by atoms with Crippen LogP contribution in [-0.2, 0) is 11.3 Å². The number of imidazole rings is 1. The van der Waals surface area contributed by atoms with Crippen LogP contribution in [0.2, 0.25) is 0 Å². The minimum Gasteiger partial charge on any atom is -0.325 e. The Morgan fingerprint density at radius 1 is 1.12 bits per heavy atom. The fraction of sp³-hybridized carbons (Fsp3) is 0.222. The van der Waals surface area contributed by atoms with Crippen molar-refractivity contribution in [1.29, 1.82) is 0 Å². The molecule has 3 aromatic rings. The maximum atomic E-state index is 12.5. The second-order valence-electron chi connectivity index (χ2n) is 5.91. The lowest BCUT2D eigenvalue weighted by molar-refractivity contribution is -0.120. The van der Waals surface area contributed by atoms with Gasteiger partial charge in [0, 0.05) is 12.2 Å². The van der Waals surface area contributed by atoms with Crippen LogP contribution in [0, 0.1) is 0 Å². The zero-order valence-corrected chi connectivity index (χ0v) is 13.7. The number of carbonyl (C=O) groups excluding carboxylic acids is 1. The third-order valence-electron chi connectivity index (χ3n) is 4.10. The second kappa shape index (κ2) is 6.72. The molecule has 1 amide bonds. The molecule has 0 spiro atoms. The number of nitrogens with one attached hydrogen (secondary N) is 3. The van der Waals surface area contributed by atoms with Crippen molar-refractivity contribution >= 4 is 22.6 Å². The fourth-order valence-corrected chi connectivity index (χ4v) is 2.57. The molecule has 2 aromatic carbocycles. The highest BCUT2D eigenvalue weighted by Gasteiger charge is 2.18. The first kappa shape index (κ1) is 16.0. The molecule has 0 fully saturated rings. The highest BCUT2D eigenvalue weighted by molar-refractivity contribution is 5.96. The minimum absolute atomic E-state index is 0.0920. The molecular weight excluding hydrogens is 304 g/mol. The molecule has 0 aliphatic heterocycles. The Bertz CT molecular complexity index is 898. The van der Waals surface area contributed by atoms with E-state index in [0.29, 0.717) is 23.3 Å². The zero-order valence-electron chi connectivity index (χ0n) is 13.7. The first-order chi connectivity index (χ1) is 11.5. The number of nitrogens with zero attached hydrogens (tertiary/aromatic N) is 1. The quantitative estimate of drug-likeness (QED) is 0.674. The van der Waals surface area contributed by atoms with Gasteiger partial charge < -0.3 is 15.3 Å². The number of fused-ring (bicyclic) bond motifs is 1. The third kappa shape index (κ3) is 3.55. The van der Waals surface area contributed by atoms with E-state index >= 15 is 0 Å². The topological polar surface area (TPSA) is 81.0 Å². The Kier molecular flexibility index (Phi) is 4.48. The molecule has 3 N–H and O–H groups in total. The first-order valence-corrected chi connectivity index (χ1v) is 7.80. The number of anilines is 1. The fourth-order valence-electron chi connectivity index (χ4n) is 2.57. The Balaban J connectivity index is 1.67. The van der Waals surface area contributed by atoms with Crippen LogP contribution < -0.4 is 11.0 Å². The van der Waals surface area contributed by atoms with E-state index in [-0.39, 0.29) is 17.6 Å². The second-order valence-corrected chi connectivity index (χ2v) is 5.91. The summed E-state index contributed by atoms with van der Waals surface area (Å²) in [6.45, 7) is 2.56. The summed E-state index contributed by atoms with van der Waals surface area (Å²) in [5, 5.41) is 2.89. The Hall–Kier alpha value is -2.86. The van der Waals surface area contributed by atoms with Crippen LogP contribution in [0.5, 0.6) is 0 Å². The van der Waals surface area contributed by atoms with Crippen LogP contribution in [0.1, 0.15) is 12.5 Å². The van der Waals surface area contributed by atoms with Gasteiger partial charge in [-0.2, -0.15) is 0 Å². The van der Waals surface area contributed by atoms with Crippen LogP contribution in [0.25, 0.3) is 11.0 Å². The number of rotatable bonds is 5. The summed E-state index contributed by atoms with van der Waals surface area (Å²) in [5.74, 6) is -0.0920.